The summed E-state index contributed by atoms with van der Waals surface area (Å²) in [6, 6.07) is 0.450. The maximum atomic E-state index is 11.8. The van der Waals surface area contributed by atoms with E-state index >= 15 is 0 Å². The Balaban J connectivity index is 2.11. The van der Waals surface area contributed by atoms with Crippen molar-refractivity contribution in [2.45, 2.75) is 52.5 Å². The molecule has 1 aromatic heterocycles. The monoisotopic (exact) mass is 316 g/mol. The topological polar surface area (TPSA) is 86.9 Å². The number of H-pyrrole nitrogens is 1. The summed E-state index contributed by atoms with van der Waals surface area (Å²) in [6.45, 7) is 7.49. The van der Waals surface area contributed by atoms with Gasteiger partial charge in [0.15, 0.2) is 0 Å². The number of hydrogen-bond acceptors (Lipinski definition) is 4. The van der Waals surface area contributed by atoms with Gasteiger partial charge in [-0.25, -0.2) is 13.1 Å². The summed E-state index contributed by atoms with van der Waals surface area (Å²) < 4.78 is 26.3. The minimum absolute atomic E-state index is 0.206. The van der Waals surface area contributed by atoms with E-state index in [9.17, 15) is 8.42 Å². The highest BCUT2D eigenvalue weighted by Crippen LogP contribution is 2.05. The summed E-state index contributed by atoms with van der Waals surface area (Å²) in [7, 11) is -3.13. The normalized spacial score (nSPS) is 12.2. The van der Waals surface area contributed by atoms with Crippen LogP contribution in [0.15, 0.2) is 6.20 Å². The van der Waals surface area contributed by atoms with Gasteiger partial charge >= 0.3 is 0 Å². The van der Waals surface area contributed by atoms with Gasteiger partial charge in [-0.3, -0.25) is 5.10 Å². The maximum Gasteiger partial charge on any atom is 0.211 e. The first kappa shape index (κ1) is 18.1. The average molecular weight is 316 g/mol. The molecular formula is C14H28N4O2S. The van der Waals surface area contributed by atoms with Crippen molar-refractivity contribution >= 4 is 10.0 Å². The standard InChI is InChI=1S/C14H28N4O2S/c1-12(2)15-8-4-5-10-21(19,20)17-9-6-7-14-11-16-18-13(14)3/h11-12,15,17H,4-10H2,1-3H3,(H,16,18). The fraction of sp³-hybridized carbons (Fsp3) is 0.786. The van der Waals surface area contributed by atoms with Crippen LogP contribution < -0.4 is 10.0 Å². The van der Waals surface area contributed by atoms with Crippen molar-refractivity contribution in [3.8, 4) is 0 Å². The van der Waals surface area contributed by atoms with Crippen LogP contribution in [0.4, 0.5) is 0 Å². The van der Waals surface area contributed by atoms with Gasteiger partial charge in [0.2, 0.25) is 10.0 Å². The molecule has 0 atom stereocenters. The van der Waals surface area contributed by atoms with E-state index in [1.807, 2.05) is 6.92 Å². The Kier molecular flexibility index (Phi) is 7.92. The third-order valence-corrected chi connectivity index (χ3v) is 4.74. The summed E-state index contributed by atoms with van der Waals surface area (Å²) in [6.07, 6.45) is 4.99. The first-order valence-corrected chi connectivity index (χ1v) is 9.25. The number of nitrogens with zero attached hydrogens (tertiary/aromatic N) is 1. The molecule has 0 spiro atoms. The zero-order chi connectivity index (χ0) is 15.7. The first-order chi connectivity index (χ1) is 9.91. The van der Waals surface area contributed by atoms with Gasteiger partial charge in [-0.05, 0) is 44.7 Å². The molecule has 0 aliphatic heterocycles. The highest BCUT2D eigenvalue weighted by Gasteiger charge is 2.09. The molecule has 1 rings (SSSR count). The lowest BCUT2D eigenvalue weighted by Gasteiger charge is -2.09. The number of rotatable bonds is 11. The quantitative estimate of drug-likeness (QED) is 0.538. The Labute approximate surface area is 128 Å². The van der Waals surface area contributed by atoms with Crippen molar-refractivity contribution in [2.24, 2.45) is 0 Å². The number of aromatic nitrogens is 2. The Morgan fingerprint density at radius 2 is 2.00 bits per heavy atom. The van der Waals surface area contributed by atoms with Crippen LogP contribution in [-0.4, -0.2) is 43.5 Å². The largest absolute Gasteiger partial charge is 0.315 e. The predicted octanol–water partition coefficient (Wildman–Crippen LogP) is 1.35. The zero-order valence-corrected chi connectivity index (χ0v) is 14.1. The molecule has 7 heteroatoms. The zero-order valence-electron chi connectivity index (χ0n) is 13.3. The van der Waals surface area contributed by atoms with E-state index in [1.165, 1.54) is 0 Å². The fourth-order valence-electron chi connectivity index (χ4n) is 2.01. The van der Waals surface area contributed by atoms with Crippen LogP contribution in [0.3, 0.4) is 0 Å². The van der Waals surface area contributed by atoms with Gasteiger partial charge < -0.3 is 5.32 Å². The second-order valence-electron chi connectivity index (χ2n) is 5.65. The van der Waals surface area contributed by atoms with Gasteiger partial charge in [0.05, 0.1) is 11.9 Å². The molecule has 122 valence electrons. The first-order valence-electron chi connectivity index (χ1n) is 7.60. The van der Waals surface area contributed by atoms with Crippen LogP contribution in [0.25, 0.3) is 0 Å². The van der Waals surface area contributed by atoms with Gasteiger partial charge in [-0.1, -0.05) is 13.8 Å². The molecule has 0 saturated heterocycles. The number of aryl methyl sites for hydroxylation is 2. The van der Waals surface area contributed by atoms with Crippen LogP contribution >= 0.6 is 0 Å². The van der Waals surface area contributed by atoms with Gasteiger partial charge in [0.1, 0.15) is 0 Å². The van der Waals surface area contributed by atoms with Gasteiger partial charge in [0, 0.05) is 18.3 Å². The van der Waals surface area contributed by atoms with Crippen LogP contribution in [0.2, 0.25) is 0 Å². The van der Waals surface area contributed by atoms with Crippen LogP contribution in [0.5, 0.6) is 0 Å². The lowest BCUT2D eigenvalue weighted by atomic mass is 10.1. The number of hydrogen-bond donors (Lipinski definition) is 3. The van der Waals surface area contributed by atoms with Crippen molar-refractivity contribution < 1.29 is 8.42 Å². The molecule has 0 aliphatic carbocycles. The molecule has 0 saturated carbocycles. The van der Waals surface area contributed by atoms with Crippen molar-refractivity contribution in [3.05, 3.63) is 17.5 Å². The summed E-state index contributed by atoms with van der Waals surface area (Å²) >= 11 is 0. The van der Waals surface area contributed by atoms with Crippen molar-refractivity contribution in [1.29, 1.82) is 0 Å². The number of unbranched alkanes of at least 4 members (excludes halogenated alkanes) is 1. The Morgan fingerprint density at radius 1 is 1.24 bits per heavy atom. The smallest absolute Gasteiger partial charge is 0.211 e. The third kappa shape index (κ3) is 8.18. The van der Waals surface area contributed by atoms with Crippen molar-refractivity contribution in [1.82, 2.24) is 20.2 Å². The fourth-order valence-corrected chi connectivity index (χ4v) is 3.20. The van der Waals surface area contributed by atoms with Gasteiger partial charge in [-0.2, -0.15) is 5.10 Å². The van der Waals surface area contributed by atoms with E-state index in [0.29, 0.717) is 19.0 Å². The predicted molar refractivity (Wildman–Crippen MR) is 85.8 cm³/mol. The summed E-state index contributed by atoms with van der Waals surface area (Å²) in [5.41, 5.74) is 2.20. The van der Waals surface area contributed by atoms with E-state index in [-0.39, 0.29) is 5.75 Å². The molecular weight excluding hydrogens is 288 g/mol. The van der Waals surface area contributed by atoms with E-state index < -0.39 is 10.0 Å². The van der Waals surface area contributed by atoms with E-state index in [4.69, 9.17) is 0 Å². The molecule has 0 aromatic carbocycles. The molecule has 6 nitrogen and oxygen atoms in total. The number of nitrogens with one attached hydrogen (secondary N) is 3. The van der Waals surface area contributed by atoms with Crippen molar-refractivity contribution in [3.63, 3.8) is 0 Å². The van der Waals surface area contributed by atoms with Gasteiger partial charge in [-0.15, -0.1) is 0 Å². The van der Waals surface area contributed by atoms with Crippen LogP contribution in [-0.2, 0) is 16.4 Å². The highest BCUT2D eigenvalue weighted by molar-refractivity contribution is 7.89. The third-order valence-electron chi connectivity index (χ3n) is 3.27. The molecule has 21 heavy (non-hydrogen) atoms. The van der Waals surface area contributed by atoms with E-state index in [0.717, 1.165) is 37.1 Å². The SMILES string of the molecule is Cc1[nH]ncc1CCCNS(=O)(=O)CCCCNC(C)C. The second kappa shape index (κ2) is 9.17. The molecule has 0 aliphatic rings. The maximum absolute atomic E-state index is 11.8. The lowest BCUT2D eigenvalue weighted by molar-refractivity contribution is 0.554. The number of sulfonamides is 1. The second-order valence-corrected chi connectivity index (χ2v) is 7.58. The highest BCUT2D eigenvalue weighted by atomic mass is 32.2. The molecule has 0 fully saturated rings. The molecule has 1 aromatic rings. The molecule has 3 N–H and O–H groups in total. The lowest BCUT2D eigenvalue weighted by Crippen LogP contribution is -2.28. The summed E-state index contributed by atoms with van der Waals surface area (Å²) in [5.74, 6) is 0.206. The molecule has 1 heterocycles. The van der Waals surface area contributed by atoms with Crippen LogP contribution in [0.1, 0.15) is 44.4 Å². The average Bonchev–Trinajstić information content (AvgIpc) is 2.79. The van der Waals surface area contributed by atoms with Crippen molar-refractivity contribution in [2.75, 3.05) is 18.8 Å². The summed E-state index contributed by atoms with van der Waals surface area (Å²) in [5, 5.41) is 10.1. The Morgan fingerprint density at radius 3 is 2.62 bits per heavy atom. The molecule has 0 radical (unpaired) electrons. The van der Waals surface area contributed by atoms with E-state index in [2.05, 4.69) is 34.1 Å². The van der Waals surface area contributed by atoms with E-state index in [1.54, 1.807) is 6.20 Å². The number of aromatic amines is 1. The minimum Gasteiger partial charge on any atom is -0.315 e. The Hall–Kier alpha value is -0.920. The molecule has 0 unspecified atom stereocenters. The molecule has 0 amide bonds. The molecule has 0 bridgehead atoms. The summed E-state index contributed by atoms with van der Waals surface area (Å²) in [4.78, 5) is 0. The van der Waals surface area contributed by atoms with Crippen LogP contribution in [0, 0.1) is 6.92 Å². The van der Waals surface area contributed by atoms with Gasteiger partial charge in [0.25, 0.3) is 0 Å². The Bertz CT molecular complexity index is 497. The minimum atomic E-state index is -3.13.